The van der Waals surface area contributed by atoms with E-state index in [-0.39, 0.29) is 0 Å². The number of fused-ring (bicyclic) bond motifs is 8. The third-order valence-electron chi connectivity index (χ3n) is 20.9. The molecule has 0 amide bonds. The number of rotatable bonds is 16. The van der Waals surface area contributed by atoms with Crippen LogP contribution in [0.2, 0.25) is 0 Å². The quantitative estimate of drug-likeness (QED) is 0.0434. The number of imidazole rings is 4. The molecule has 0 unspecified atom stereocenters. The van der Waals surface area contributed by atoms with Gasteiger partial charge in [0.1, 0.15) is 44.8 Å². The van der Waals surface area contributed by atoms with Crippen molar-refractivity contribution in [3.63, 3.8) is 0 Å². The molecule has 124 heavy (non-hydrogen) atoms. The van der Waals surface area contributed by atoms with Gasteiger partial charge < -0.3 is 30.2 Å². The van der Waals surface area contributed by atoms with Crippen molar-refractivity contribution in [1.82, 2.24) is 146 Å². The summed E-state index contributed by atoms with van der Waals surface area (Å²) in [5, 5.41) is 45.0. The molecule has 0 aromatic carbocycles. The molecule has 0 aliphatic heterocycles. The Kier molecular flexibility index (Phi) is 19.9. The molecule has 0 spiro atoms. The summed E-state index contributed by atoms with van der Waals surface area (Å²) in [7, 11) is 3.99. The van der Waals surface area contributed by atoms with Crippen LogP contribution in [0.25, 0.3) is 221 Å². The molecule has 0 bridgehead atoms. The molecule has 0 radical (unpaired) electrons. The topological polar surface area (TPSA) is 399 Å². The molecule has 0 atom stereocenters. The van der Waals surface area contributed by atoms with Gasteiger partial charge in [0, 0.05) is 200 Å². The second-order valence-corrected chi connectivity index (χ2v) is 32.8. The summed E-state index contributed by atoms with van der Waals surface area (Å²) in [4.78, 5) is 92.6. The minimum Gasteiger partial charge on any atom is -0.376 e. The largest absolute Gasteiger partial charge is 0.376 e. The van der Waals surface area contributed by atoms with Crippen LogP contribution in [0, 0.1) is 6.92 Å². The van der Waals surface area contributed by atoms with E-state index in [2.05, 4.69) is 222 Å². The number of thiophene rings is 4. The van der Waals surface area contributed by atoms with Crippen LogP contribution in [0.3, 0.4) is 0 Å². The summed E-state index contributed by atoms with van der Waals surface area (Å²) in [6.45, 7) is 5.85. The number of aryl methyl sites for hydroxylation is 1. The van der Waals surface area contributed by atoms with Crippen molar-refractivity contribution in [2.45, 2.75) is 20.4 Å². The van der Waals surface area contributed by atoms with Crippen molar-refractivity contribution < 1.29 is 0 Å². The highest BCUT2D eigenvalue weighted by molar-refractivity contribution is 7.14. The molecule has 9 N–H and O–H groups in total. The van der Waals surface area contributed by atoms with Crippen molar-refractivity contribution in [1.29, 1.82) is 0 Å². The Hall–Kier alpha value is -15.9. The number of hydrogen-bond acceptors (Lipinski definition) is 26. The van der Waals surface area contributed by atoms with Crippen LogP contribution in [0.4, 0.5) is 5.69 Å². The Balaban J connectivity index is 0.000000101. The van der Waals surface area contributed by atoms with Crippen molar-refractivity contribution in [3.8, 4) is 132 Å². The highest BCUT2D eigenvalue weighted by Crippen LogP contribution is 2.40. The van der Waals surface area contributed by atoms with Gasteiger partial charge in [0.15, 0.2) is 45.9 Å². The van der Waals surface area contributed by atoms with Crippen LogP contribution in [-0.2, 0) is 6.54 Å². The van der Waals surface area contributed by atoms with E-state index >= 15 is 0 Å². The van der Waals surface area contributed by atoms with Crippen molar-refractivity contribution >= 4 is 139 Å². The van der Waals surface area contributed by atoms with Gasteiger partial charge in [-0.2, -0.15) is 20.4 Å². The monoisotopic (exact) mass is 1690 g/mol. The fraction of sp³-hybridized carbons (Fsp3) is 0.0667. The Bertz CT molecular complexity index is 7950. The first-order chi connectivity index (χ1) is 61.1. The second-order valence-electron chi connectivity index (χ2n) is 29.0. The highest BCUT2D eigenvalue weighted by atomic mass is 32.1. The third-order valence-corrected chi connectivity index (χ3v) is 24.5. The zero-order chi connectivity index (χ0) is 83.1. The predicted molar refractivity (Wildman–Crippen MR) is 490 cm³/mol. The lowest BCUT2D eigenvalue weighted by atomic mass is 10.0. The molecule has 600 valence electrons. The minimum absolute atomic E-state index is 0.637. The van der Waals surface area contributed by atoms with Crippen LogP contribution >= 0.6 is 45.3 Å². The first-order valence-electron chi connectivity index (χ1n) is 39.1. The van der Waals surface area contributed by atoms with E-state index in [1.165, 1.54) is 0 Å². The van der Waals surface area contributed by atoms with Gasteiger partial charge in [0.05, 0.1) is 80.3 Å². The first kappa shape index (κ1) is 75.6. The number of nitrogens with one attached hydrogen (secondary N) is 9. The summed E-state index contributed by atoms with van der Waals surface area (Å²) in [5.41, 5.74) is 28.1. The summed E-state index contributed by atoms with van der Waals surface area (Å²) >= 11 is 6.68. The maximum absolute atomic E-state index is 4.90. The minimum atomic E-state index is 0.637. The van der Waals surface area contributed by atoms with E-state index in [0.717, 1.165) is 205 Å². The number of nitrogens with zero attached hydrogens (tertiary/aromatic N) is 21. The predicted octanol–water partition coefficient (Wildman–Crippen LogP) is 19.2. The summed E-state index contributed by atoms with van der Waals surface area (Å²) in [6.07, 6.45) is 36.5. The number of hydrogen-bond donors (Lipinski definition) is 9. The van der Waals surface area contributed by atoms with Crippen LogP contribution in [0.15, 0.2) is 249 Å². The molecule has 0 saturated carbocycles. The normalized spacial score (nSPS) is 11.5. The Morgan fingerprint density at radius 2 is 0.685 bits per heavy atom. The molecule has 30 nitrogen and oxygen atoms in total. The van der Waals surface area contributed by atoms with Gasteiger partial charge in [-0.3, -0.25) is 60.3 Å². The van der Waals surface area contributed by atoms with Crippen LogP contribution < -0.4 is 10.2 Å². The van der Waals surface area contributed by atoms with Crippen molar-refractivity contribution in [3.05, 3.63) is 260 Å². The standard InChI is InChI=1S/C24H20N8S.C23H18N8S.C22H15N7S.C21H13N7S/c1-2-25-8-14-6-15(10-26-9-14)16-7-17-22(31-32-23(17)28-11-16)24-29-19-13-27-12-18(21(19)30-24)20-4-3-5-33-20;1-31(2)15-6-13(8-24-10-15)14-7-16-21(29-30-22(16)26-9-14)23-27-18-12-25-11-17(20(18)28-23)19-4-3-5-32-19;1-12-4-5-23-9-15(12)13-7-14-20(28-29-21(14)25-8-13)22-26-17-11-24-10-16(19(17)27-22)18-3-2-6-30-18;1-3-12(8-22-5-1)13-7-14-19(27-28-20(14)24-9-13)21-25-16-11-23-10-15(18(16)26-21)17-4-2-6-29-17/h3-7,9-13,25H,2,8H2,1H3,(H,29,30)(H,28,31,32);3-12H,1-2H3,(H,27,28)(H,26,29,30);2-11H,1H3,(H,26,27)(H,25,28,29);1-11H,(H,25,26)(H,24,27,28). The molecular weight excluding hydrogens is 1630 g/mol. The zero-order valence-corrected chi connectivity index (χ0v) is 69.4. The summed E-state index contributed by atoms with van der Waals surface area (Å²) in [6, 6.07) is 34.9. The van der Waals surface area contributed by atoms with Gasteiger partial charge in [0.2, 0.25) is 0 Å². The highest BCUT2D eigenvalue weighted by Gasteiger charge is 2.24. The van der Waals surface area contributed by atoms with Gasteiger partial charge in [-0.1, -0.05) is 37.3 Å². The van der Waals surface area contributed by atoms with Crippen LogP contribution in [0.1, 0.15) is 18.1 Å². The van der Waals surface area contributed by atoms with E-state index in [9.17, 15) is 0 Å². The molecule has 24 heterocycles. The Morgan fingerprint density at radius 3 is 1.06 bits per heavy atom. The molecule has 24 aromatic rings. The van der Waals surface area contributed by atoms with E-state index < -0.39 is 0 Å². The molecular formula is C90H66N30S4. The Labute approximate surface area is 718 Å². The molecule has 0 aliphatic rings. The Morgan fingerprint density at radius 1 is 0.331 bits per heavy atom. The molecule has 0 fully saturated rings. The number of H-pyrrole nitrogens is 8. The summed E-state index contributed by atoms with van der Waals surface area (Å²) < 4.78 is 0. The lowest BCUT2D eigenvalue weighted by molar-refractivity contribution is 0.724. The van der Waals surface area contributed by atoms with Gasteiger partial charge in [-0.15, -0.1) is 45.3 Å². The molecule has 0 saturated heterocycles. The van der Waals surface area contributed by atoms with Crippen molar-refractivity contribution in [2.75, 3.05) is 25.5 Å². The van der Waals surface area contributed by atoms with E-state index in [4.69, 9.17) is 19.9 Å². The van der Waals surface area contributed by atoms with Gasteiger partial charge in [-0.25, -0.2) is 39.9 Å². The van der Waals surface area contributed by atoms with E-state index in [1.54, 1.807) is 88.7 Å². The smallest absolute Gasteiger partial charge is 0.181 e. The lowest BCUT2D eigenvalue weighted by Crippen LogP contribution is -2.11. The molecule has 24 aromatic heterocycles. The van der Waals surface area contributed by atoms with Gasteiger partial charge >= 0.3 is 0 Å². The lowest BCUT2D eigenvalue weighted by Gasteiger charge is -2.12. The average molecular weight is 1700 g/mol. The van der Waals surface area contributed by atoms with E-state index in [0.29, 0.717) is 45.9 Å². The average Bonchev–Trinajstić information content (AvgIpc) is 1.63. The maximum Gasteiger partial charge on any atom is 0.181 e. The third kappa shape index (κ3) is 14.6. The molecule has 0 aliphatic carbocycles. The van der Waals surface area contributed by atoms with Crippen molar-refractivity contribution in [2.24, 2.45) is 0 Å². The fourth-order valence-electron chi connectivity index (χ4n) is 14.7. The van der Waals surface area contributed by atoms with Crippen LogP contribution in [0.5, 0.6) is 0 Å². The second kappa shape index (κ2) is 32.7. The van der Waals surface area contributed by atoms with Gasteiger partial charge in [0.25, 0.3) is 0 Å². The molecule has 34 heteroatoms. The first-order valence-corrected chi connectivity index (χ1v) is 42.6. The van der Waals surface area contributed by atoms with Crippen LogP contribution in [-0.4, -0.2) is 161 Å². The fourth-order valence-corrected chi connectivity index (χ4v) is 17.7. The number of pyridine rings is 12. The zero-order valence-electron chi connectivity index (χ0n) is 66.1. The number of anilines is 1. The number of aromatic nitrogens is 28. The van der Waals surface area contributed by atoms with Gasteiger partial charge in [-0.05, 0) is 119 Å². The maximum atomic E-state index is 4.90. The SMILES string of the molecule is CCNCc1cncc(-c2cnc3n[nH]c(-c4nc5c(-c6cccs6)cncc5[nH]4)c3c2)c1.CN(C)c1cncc(-c2cnc3n[nH]c(-c4nc5c(-c6cccs6)cncc5[nH]4)c3c2)c1.Cc1ccncc1-c1cnc2n[nH]c(-c3nc4c(-c5cccs5)cncc4[nH]3)c2c1.c1cncc(-c2cnc3n[nH]c(-c4nc5c(-c6cccs6)cncc5[nH]4)c3c2)c1. The number of aromatic amines is 8. The van der Waals surface area contributed by atoms with E-state index in [1.807, 2.05) is 142 Å². The molecule has 24 rings (SSSR count). The summed E-state index contributed by atoms with van der Waals surface area (Å²) in [5.74, 6) is 2.82.